The third-order valence-electron chi connectivity index (χ3n) is 2.48. The average Bonchev–Trinajstić information content (AvgIpc) is 2.43. The van der Waals surface area contributed by atoms with Gasteiger partial charge in [-0.15, -0.1) is 0 Å². The second-order valence-electron chi connectivity index (χ2n) is 4.21. The Morgan fingerprint density at radius 2 is 1.95 bits per heavy atom. The highest BCUT2D eigenvalue weighted by Crippen LogP contribution is 2.19. The maximum atomic E-state index is 11.4. The molecular weight excluding hydrogens is 274 g/mol. The molecule has 1 amide bonds. The Kier molecular flexibility index (Phi) is 4.65. The Bertz CT molecular complexity index is 612. The molecule has 20 heavy (non-hydrogen) atoms. The van der Waals surface area contributed by atoms with Crippen molar-refractivity contribution in [1.29, 1.82) is 0 Å². The van der Waals surface area contributed by atoms with E-state index in [1.54, 1.807) is 12.1 Å². The van der Waals surface area contributed by atoms with Crippen molar-refractivity contribution in [1.82, 2.24) is 20.4 Å². The van der Waals surface area contributed by atoms with Crippen LogP contribution < -0.4 is 11.3 Å². The van der Waals surface area contributed by atoms with E-state index in [4.69, 9.17) is 5.84 Å². The largest absolute Gasteiger partial charge is 0.289 e. The first-order valence-electron chi connectivity index (χ1n) is 6.00. The lowest BCUT2D eigenvalue weighted by atomic mass is 10.3. The van der Waals surface area contributed by atoms with Gasteiger partial charge in [-0.25, -0.2) is 20.8 Å². The summed E-state index contributed by atoms with van der Waals surface area (Å²) in [6, 6.07) is 7.16. The van der Waals surface area contributed by atoms with Gasteiger partial charge in [0, 0.05) is 17.1 Å². The zero-order valence-corrected chi connectivity index (χ0v) is 12.1. The first-order chi connectivity index (χ1) is 9.58. The summed E-state index contributed by atoms with van der Waals surface area (Å²) in [7, 11) is 0. The zero-order chi connectivity index (χ0) is 14.5. The number of nitrogens with one attached hydrogen (secondary N) is 1. The molecule has 0 radical (unpaired) electrons. The van der Waals surface area contributed by atoms with Gasteiger partial charge in [0.15, 0.2) is 5.16 Å². The highest BCUT2D eigenvalue weighted by atomic mass is 32.2. The molecule has 0 spiro atoms. The molecule has 0 atom stereocenters. The van der Waals surface area contributed by atoms with Gasteiger partial charge in [0.05, 0.1) is 5.69 Å². The van der Waals surface area contributed by atoms with Gasteiger partial charge in [-0.2, -0.15) is 0 Å². The zero-order valence-electron chi connectivity index (χ0n) is 11.3. The third kappa shape index (κ3) is 3.75. The molecular formula is C13H15N5OS. The smallest absolute Gasteiger partial charge is 0.283 e. The summed E-state index contributed by atoms with van der Waals surface area (Å²) in [5.74, 6) is 5.28. The molecule has 0 bridgehead atoms. The highest BCUT2D eigenvalue weighted by Gasteiger charge is 2.07. The van der Waals surface area contributed by atoms with Gasteiger partial charge in [0.1, 0.15) is 5.69 Å². The van der Waals surface area contributed by atoms with Crippen LogP contribution in [0.4, 0.5) is 0 Å². The highest BCUT2D eigenvalue weighted by molar-refractivity contribution is 7.98. The fourth-order valence-corrected chi connectivity index (χ4v) is 2.51. The number of hydrogen-bond donors (Lipinski definition) is 2. The van der Waals surface area contributed by atoms with Gasteiger partial charge in [0.25, 0.3) is 5.91 Å². The number of nitrogen functional groups attached to an aromatic ring is 1. The number of aryl methyl sites for hydroxylation is 2. The number of thioether (sulfide) groups is 1. The lowest BCUT2D eigenvalue weighted by molar-refractivity contribution is 0.0948. The molecule has 2 rings (SSSR count). The molecule has 3 N–H and O–H groups in total. The number of rotatable bonds is 4. The van der Waals surface area contributed by atoms with Gasteiger partial charge >= 0.3 is 0 Å². The quantitative estimate of drug-likeness (QED) is 0.290. The third-order valence-corrected chi connectivity index (χ3v) is 3.36. The number of nitrogens with two attached hydrogens (primary N) is 1. The van der Waals surface area contributed by atoms with E-state index in [-0.39, 0.29) is 0 Å². The number of hydrazine groups is 1. The maximum absolute atomic E-state index is 11.4. The second kappa shape index (κ2) is 6.44. The molecule has 0 aliphatic carbocycles. The van der Waals surface area contributed by atoms with E-state index in [2.05, 4.69) is 20.4 Å². The summed E-state index contributed by atoms with van der Waals surface area (Å²) in [6.45, 7) is 3.87. The summed E-state index contributed by atoms with van der Waals surface area (Å²) in [5, 5.41) is 0.706. The minimum atomic E-state index is -0.403. The number of carbonyl (C=O) groups is 1. The van der Waals surface area contributed by atoms with Crippen molar-refractivity contribution in [3.8, 4) is 0 Å². The van der Waals surface area contributed by atoms with Crippen LogP contribution in [0.15, 0.2) is 29.4 Å². The Morgan fingerprint density at radius 3 is 2.60 bits per heavy atom. The first-order valence-corrected chi connectivity index (χ1v) is 6.99. The van der Waals surface area contributed by atoms with Gasteiger partial charge in [-0.3, -0.25) is 10.2 Å². The van der Waals surface area contributed by atoms with Crippen molar-refractivity contribution in [3.63, 3.8) is 0 Å². The van der Waals surface area contributed by atoms with Crippen LogP contribution in [0.1, 0.15) is 27.6 Å². The number of carbonyl (C=O) groups excluding carboxylic acids is 1. The minimum Gasteiger partial charge on any atom is -0.289 e. The Balaban J connectivity index is 2.09. The Hall–Kier alpha value is -1.99. The summed E-state index contributed by atoms with van der Waals surface area (Å²) >= 11 is 1.48. The molecule has 0 aliphatic heterocycles. The topological polar surface area (TPSA) is 93.8 Å². The first kappa shape index (κ1) is 14.4. The van der Waals surface area contributed by atoms with Crippen LogP contribution in [-0.2, 0) is 5.75 Å². The number of pyridine rings is 1. The van der Waals surface area contributed by atoms with E-state index >= 15 is 0 Å². The lowest BCUT2D eigenvalue weighted by Crippen LogP contribution is -2.30. The SMILES string of the molecule is Cc1cc(C)nc(SCc2cccc(C(=O)NN)n2)n1. The number of amides is 1. The van der Waals surface area contributed by atoms with E-state index in [0.29, 0.717) is 16.6 Å². The number of aromatic nitrogens is 3. The Morgan fingerprint density at radius 1 is 1.25 bits per heavy atom. The average molecular weight is 289 g/mol. The maximum Gasteiger partial charge on any atom is 0.283 e. The van der Waals surface area contributed by atoms with Gasteiger partial charge < -0.3 is 0 Å². The summed E-state index contributed by atoms with van der Waals surface area (Å²) in [5.41, 5.74) is 5.01. The molecule has 0 saturated carbocycles. The minimum absolute atomic E-state index is 0.298. The van der Waals surface area contributed by atoms with Crippen LogP contribution in [-0.4, -0.2) is 20.9 Å². The molecule has 2 aromatic heterocycles. The monoisotopic (exact) mass is 289 g/mol. The van der Waals surface area contributed by atoms with Crippen molar-refractivity contribution in [3.05, 3.63) is 47.0 Å². The summed E-state index contributed by atoms with van der Waals surface area (Å²) < 4.78 is 0. The van der Waals surface area contributed by atoms with E-state index in [1.807, 2.05) is 26.0 Å². The predicted octanol–water partition coefficient (Wildman–Crippen LogP) is 1.38. The van der Waals surface area contributed by atoms with Crippen molar-refractivity contribution < 1.29 is 4.79 Å². The molecule has 6 nitrogen and oxygen atoms in total. The second-order valence-corrected chi connectivity index (χ2v) is 5.15. The van der Waals surface area contributed by atoms with E-state index < -0.39 is 5.91 Å². The summed E-state index contributed by atoms with van der Waals surface area (Å²) in [6.07, 6.45) is 0. The molecule has 0 fully saturated rings. The molecule has 0 aromatic carbocycles. The molecule has 2 aromatic rings. The standard InChI is InChI=1S/C13H15N5OS/c1-8-6-9(2)16-13(15-8)20-7-10-4-3-5-11(17-10)12(19)18-14/h3-6H,7,14H2,1-2H3,(H,18,19). The van der Waals surface area contributed by atoms with E-state index in [1.165, 1.54) is 11.8 Å². The van der Waals surface area contributed by atoms with Crippen LogP contribution in [0.3, 0.4) is 0 Å². The fraction of sp³-hybridized carbons (Fsp3) is 0.231. The van der Waals surface area contributed by atoms with Crippen molar-refractivity contribution in [2.75, 3.05) is 0 Å². The van der Waals surface area contributed by atoms with Gasteiger partial charge in [0.2, 0.25) is 0 Å². The Labute approximate surface area is 121 Å². The number of nitrogens with zero attached hydrogens (tertiary/aromatic N) is 3. The molecule has 2 heterocycles. The van der Waals surface area contributed by atoms with Gasteiger partial charge in [-0.1, -0.05) is 17.8 Å². The predicted molar refractivity (Wildman–Crippen MR) is 77.0 cm³/mol. The molecule has 0 saturated heterocycles. The molecule has 0 aliphatic rings. The summed E-state index contributed by atoms with van der Waals surface area (Å²) in [4.78, 5) is 24.3. The fourth-order valence-electron chi connectivity index (χ4n) is 1.66. The molecule has 0 unspecified atom stereocenters. The van der Waals surface area contributed by atoms with Crippen LogP contribution >= 0.6 is 11.8 Å². The van der Waals surface area contributed by atoms with Crippen molar-refractivity contribution in [2.45, 2.75) is 24.8 Å². The van der Waals surface area contributed by atoms with E-state index in [9.17, 15) is 4.79 Å². The number of hydrogen-bond acceptors (Lipinski definition) is 6. The molecule has 7 heteroatoms. The van der Waals surface area contributed by atoms with Gasteiger partial charge in [-0.05, 0) is 32.0 Å². The normalized spacial score (nSPS) is 10.3. The lowest BCUT2D eigenvalue weighted by Gasteiger charge is -2.04. The van der Waals surface area contributed by atoms with Crippen LogP contribution in [0.5, 0.6) is 0 Å². The van der Waals surface area contributed by atoms with Crippen molar-refractivity contribution >= 4 is 17.7 Å². The van der Waals surface area contributed by atoms with Crippen molar-refractivity contribution in [2.24, 2.45) is 5.84 Å². The van der Waals surface area contributed by atoms with E-state index in [0.717, 1.165) is 17.1 Å². The van der Waals surface area contributed by atoms with Crippen LogP contribution in [0, 0.1) is 13.8 Å². The van der Waals surface area contributed by atoms with Crippen LogP contribution in [0.2, 0.25) is 0 Å². The van der Waals surface area contributed by atoms with Crippen LogP contribution in [0.25, 0.3) is 0 Å². The molecule has 104 valence electrons.